The molecule has 3 rings (SSSR count). The molecule has 0 spiro atoms. The number of anilines is 1. The molecule has 0 radical (unpaired) electrons. The van der Waals surface area contributed by atoms with Crippen LogP contribution in [-0.4, -0.2) is 18.2 Å². The topological polar surface area (TPSA) is 86.0 Å². The molecule has 154 valence electrons. The Balaban J connectivity index is 1.70. The van der Waals surface area contributed by atoms with Crippen LogP contribution in [0.4, 0.5) is 11.4 Å². The lowest BCUT2D eigenvalue weighted by atomic mass is 10.2. The van der Waals surface area contributed by atoms with Crippen molar-refractivity contribution in [2.24, 2.45) is 5.10 Å². The van der Waals surface area contributed by atoms with Crippen LogP contribution in [0, 0.1) is 13.7 Å². The van der Waals surface area contributed by atoms with Crippen LogP contribution in [0.15, 0.2) is 65.8 Å². The Bertz CT molecular complexity index is 1070. The number of hydrogen-bond acceptors (Lipinski definition) is 6. The molecule has 0 saturated heterocycles. The smallest absolute Gasteiger partial charge is 0.269 e. The molecule has 0 aliphatic rings. The SMILES string of the molecule is COc1cc(C=NNc2ccc([N+](=O)[O-])cc2)cc(I)c1OCc1ccccc1Cl. The van der Waals surface area contributed by atoms with Crippen molar-refractivity contribution in [1.82, 2.24) is 0 Å². The summed E-state index contributed by atoms with van der Waals surface area (Å²) in [7, 11) is 1.57. The molecule has 0 heterocycles. The van der Waals surface area contributed by atoms with Gasteiger partial charge in [-0.3, -0.25) is 15.5 Å². The minimum absolute atomic E-state index is 0.0243. The molecule has 0 aromatic heterocycles. The predicted molar refractivity (Wildman–Crippen MR) is 126 cm³/mol. The van der Waals surface area contributed by atoms with Crippen LogP contribution in [0.5, 0.6) is 11.5 Å². The van der Waals surface area contributed by atoms with Crippen LogP contribution in [0.2, 0.25) is 5.02 Å². The maximum Gasteiger partial charge on any atom is 0.269 e. The van der Waals surface area contributed by atoms with Crippen LogP contribution < -0.4 is 14.9 Å². The number of benzene rings is 3. The highest BCUT2D eigenvalue weighted by Gasteiger charge is 2.12. The van der Waals surface area contributed by atoms with Crippen molar-refractivity contribution in [2.45, 2.75) is 6.61 Å². The van der Waals surface area contributed by atoms with Crippen LogP contribution in [-0.2, 0) is 6.61 Å². The van der Waals surface area contributed by atoms with Crippen molar-refractivity contribution in [2.75, 3.05) is 12.5 Å². The van der Waals surface area contributed by atoms with Gasteiger partial charge in [0.15, 0.2) is 11.5 Å². The van der Waals surface area contributed by atoms with Gasteiger partial charge in [-0.05, 0) is 58.5 Å². The first-order chi connectivity index (χ1) is 14.5. The molecule has 30 heavy (non-hydrogen) atoms. The summed E-state index contributed by atoms with van der Waals surface area (Å²) in [6.07, 6.45) is 1.63. The van der Waals surface area contributed by atoms with Crippen LogP contribution >= 0.6 is 34.2 Å². The first-order valence-electron chi connectivity index (χ1n) is 8.75. The second-order valence-corrected chi connectivity index (χ2v) is 7.66. The van der Waals surface area contributed by atoms with Gasteiger partial charge >= 0.3 is 0 Å². The lowest BCUT2D eigenvalue weighted by Gasteiger charge is -2.14. The molecule has 0 aliphatic carbocycles. The second-order valence-electron chi connectivity index (χ2n) is 6.09. The molecule has 7 nitrogen and oxygen atoms in total. The molecule has 3 aromatic carbocycles. The number of nitro benzene ring substituents is 1. The zero-order valence-electron chi connectivity index (χ0n) is 15.8. The van der Waals surface area contributed by atoms with Gasteiger partial charge in [0.1, 0.15) is 6.61 Å². The average molecular weight is 538 g/mol. The Morgan fingerprint density at radius 2 is 1.93 bits per heavy atom. The summed E-state index contributed by atoms with van der Waals surface area (Å²) in [6, 6.07) is 17.2. The van der Waals surface area contributed by atoms with E-state index >= 15 is 0 Å². The number of ether oxygens (including phenoxy) is 2. The van der Waals surface area contributed by atoms with Gasteiger partial charge in [-0.1, -0.05) is 29.8 Å². The fraction of sp³-hybridized carbons (Fsp3) is 0.0952. The standard InChI is InChI=1S/C21H17ClIN3O4/c1-29-20-11-14(12-24-25-16-6-8-17(9-7-16)26(27)28)10-19(23)21(20)30-13-15-4-2-3-5-18(15)22/h2-12,25H,13H2,1H3. The van der Waals surface area contributed by atoms with Crippen molar-refractivity contribution in [3.63, 3.8) is 0 Å². The number of rotatable bonds is 8. The predicted octanol–water partition coefficient (Wildman–Crippen LogP) is 5.89. The quantitative estimate of drug-likeness (QED) is 0.168. The number of hydrazone groups is 1. The summed E-state index contributed by atoms with van der Waals surface area (Å²) >= 11 is 8.37. The van der Waals surface area contributed by atoms with E-state index in [1.165, 1.54) is 12.1 Å². The Labute approximate surface area is 192 Å². The van der Waals surface area contributed by atoms with Crippen LogP contribution in [0.25, 0.3) is 0 Å². The summed E-state index contributed by atoms with van der Waals surface area (Å²) < 4.78 is 12.3. The molecule has 0 bridgehead atoms. The average Bonchev–Trinajstić information content (AvgIpc) is 2.74. The van der Waals surface area contributed by atoms with E-state index < -0.39 is 4.92 Å². The monoisotopic (exact) mass is 537 g/mol. The zero-order chi connectivity index (χ0) is 21.5. The fourth-order valence-electron chi connectivity index (χ4n) is 2.56. The third-order valence-electron chi connectivity index (χ3n) is 4.07. The van der Waals surface area contributed by atoms with Crippen LogP contribution in [0.3, 0.4) is 0 Å². The van der Waals surface area contributed by atoms with Crippen molar-refractivity contribution in [3.05, 3.63) is 90.5 Å². The van der Waals surface area contributed by atoms with E-state index in [2.05, 4.69) is 33.1 Å². The number of non-ortho nitro benzene ring substituents is 1. The minimum atomic E-state index is -0.448. The number of halogens is 2. The Morgan fingerprint density at radius 3 is 2.60 bits per heavy atom. The van der Waals surface area contributed by atoms with Gasteiger partial charge in [0.05, 0.1) is 27.5 Å². The number of nitro groups is 1. The van der Waals surface area contributed by atoms with Crippen LogP contribution in [0.1, 0.15) is 11.1 Å². The number of hydrogen-bond donors (Lipinski definition) is 1. The van der Waals surface area contributed by atoms with E-state index in [1.807, 2.05) is 36.4 Å². The number of methoxy groups -OCH3 is 1. The van der Waals surface area contributed by atoms with Gasteiger partial charge in [0, 0.05) is 22.7 Å². The highest BCUT2D eigenvalue weighted by molar-refractivity contribution is 14.1. The Morgan fingerprint density at radius 1 is 1.20 bits per heavy atom. The highest BCUT2D eigenvalue weighted by atomic mass is 127. The molecule has 1 N–H and O–H groups in total. The summed E-state index contributed by atoms with van der Waals surface area (Å²) in [5.74, 6) is 1.20. The second kappa shape index (κ2) is 10.3. The first kappa shape index (κ1) is 21.8. The molecule has 0 amide bonds. The Hall–Kier alpha value is -2.85. The molecule has 9 heteroatoms. The van der Waals surface area contributed by atoms with E-state index in [9.17, 15) is 10.1 Å². The van der Waals surface area contributed by atoms with Gasteiger partial charge < -0.3 is 9.47 Å². The van der Waals surface area contributed by atoms with Gasteiger partial charge in [0.25, 0.3) is 5.69 Å². The maximum atomic E-state index is 10.7. The largest absolute Gasteiger partial charge is 0.493 e. The number of nitrogens with zero attached hydrogens (tertiary/aromatic N) is 2. The molecule has 0 fully saturated rings. The highest BCUT2D eigenvalue weighted by Crippen LogP contribution is 2.34. The minimum Gasteiger partial charge on any atom is -0.493 e. The molecule has 0 atom stereocenters. The summed E-state index contributed by atoms with van der Waals surface area (Å²) in [6.45, 7) is 0.321. The van der Waals surface area contributed by atoms with Gasteiger partial charge in [0.2, 0.25) is 0 Å². The molecule has 0 aliphatic heterocycles. The van der Waals surface area contributed by atoms with E-state index in [-0.39, 0.29) is 5.69 Å². The maximum absolute atomic E-state index is 10.7. The van der Waals surface area contributed by atoms with Gasteiger partial charge in [-0.2, -0.15) is 5.10 Å². The molecular formula is C21H17ClIN3O4. The third kappa shape index (κ3) is 5.61. The van der Waals surface area contributed by atoms with E-state index in [0.717, 1.165) is 14.7 Å². The lowest BCUT2D eigenvalue weighted by Crippen LogP contribution is -2.01. The van der Waals surface area contributed by atoms with Gasteiger partial charge in [-0.15, -0.1) is 0 Å². The number of nitrogens with one attached hydrogen (secondary N) is 1. The molecule has 0 unspecified atom stereocenters. The molecule has 0 saturated carbocycles. The van der Waals surface area contributed by atoms with Crippen molar-refractivity contribution < 1.29 is 14.4 Å². The summed E-state index contributed by atoms with van der Waals surface area (Å²) in [4.78, 5) is 10.3. The fourth-order valence-corrected chi connectivity index (χ4v) is 3.53. The van der Waals surface area contributed by atoms with Crippen molar-refractivity contribution in [3.8, 4) is 11.5 Å². The normalized spacial score (nSPS) is 10.8. The first-order valence-corrected chi connectivity index (χ1v) is 10.2. The summed E-state index contributed by atoms with van der Waals surface area (Å²) in [5, 5.41) is 15.5. The Kier molecular flexibility index (Phi) is 7.47. The van der Waals surface area contributed by atoms with E-state index in [4.69, 9.17) is 21.1 Å². The van der Waals surface area contributed by atoms with E-state index in [1.54, 1.807) is 25.5 Å². The lowest BCUT2D eigenvalue weighted by molar-refractivity contribution is -0.384. The molecular weight excluding hydrogens is 521 g/mol. The van der Waals surface area contributed by atoms with E-state index in [0.29, 0.717) is 28.8 Å². The molecule has 3 aromatic rings. The summed E-state index contributed by atoms with van der Waals surface area (Å²) in [5.41, 5.74) is 5.19. The van der Waals surface area contributed by atoms with Gasteiger partial charge in [-0.25, -0.2) is 0 Å². The zero-order valence-corrected chi connectivity index (χ0v) is 18.8. The van der Waals surface area contributed by atoms with Crippen molar-refractivity contribution in [1.29, 1.82) is 0 Å². The van der Waals surface area contributed by atoms with Crippen molar-refractivity contribution >= 4 is 51.8 Å². The third-order valence-corrected chi connectivity index (χ3v) is 5.24.